The van der Waals surface area contributed by atoms with E-state index in [0.717, 1.165) is 21.2 Å². The molecule has 0 bridgehead atoms. The zero-order valence-electron chi connectivity index (χ0n) is 22.5. The standard InChI is InChI=1S/C24H23N9O7S4/c1-9-30-32-24(44-9)43-7-11-6-41-20-16(19(37)33(20)17(11)21(38)39)28-18(36)15(12-8-42-22(25)27-12)29-23(40)31-26-5-10-2-3-13(34)14(35)4-10/h2-5,8,15-16,20,34-35H,6-7H2,1H3,(H2,25,27)(H,28,36)(H,38,39)(H2,29,31,40)/b26-5+/t15?,16?,20-/m1/s1. The number of aromatic hydroxyl groups is 2. The first-order chi connectivity index (χ1) is 21.0. The summed E-state index contributed by atoms with van der Waals surface area (Å²) in [7, 11) is 0. The van der Waals surface area contributed by atoms with Crippen molar-refractivity contribution in [3.8, 4) is 11.5 Å². The topological polar surface area (TPSA) is 245 Å². The number of phenols is 2. The van der Waals surface area contributed by atoms with Crippen molar-refractivity contribution < 1.29 is 34.5 Å². The quantitative estimate of drug-likeness (QED) is 0.0525. The minimum absolute atomic E-state index is 0.116. The number of carboxylic acid groups (broad SMARTS) is 1. The van der Waals surface area contributed by atoms with Crippen molar-refractivity contribution >= 4 is 81.4 Å². The molecular formula is C24H23N9O7S4. The molecule has 0 spiro atoms. The Morgan fingerprint density at radius 1 is 1.27 bits per heavy atom. The maximum absolute atomic E-state index is 13.4. The molecule has 1 fully saturated rings. The number of nitrogen functional groups attached to an aromatic ring is 1. The van der Waals surface area contributed by atoms with Crippen molar-refractivity contribution in [1.82, 2.24) is 36.1 Å². The number of aromatic nitrogens is 3. The van der Waals surface area contributed by atoms with Crippen molar-refractivity contribution in [3.05, 3.63) is 51.1 Å². The van der Waals surface area contributed by atoms with Crippen LogP contribution in [0.4, 0.5) is 9.93 Å². The summed E-state index contributed by atoms with van der Waals surface area (Å²) in [5, 5.41) is 47.5. The number of aryl methyl sites for hydroxylation is 1. The van der Waals surface area contributed by atoms with Gasteiger partial charge >= 0.3 is 12.0 Å². The number of nitrogens with zero attached hydrogens (tertiary/aromatic N) is 5. The number of urea groups is 1. The lowest BCUT2D eigenvalue weighted by atomic mass is 10.0. The third-order valence-corrected chi connectivity index (χ3v) is 10.3. The number of nitrogens with one attached hydrogen (secondary N) is 3. The van der Waals surface area contributed by atoms with E-state index in [4.69, 9.17) is 5.73 Å². The summed E-state index contributed by atoms with van der Waals surface area (Å²) < 4.78 is 0.683. The molecule has 4 heterocycles. The van der Waals surface area contributed by atoms with Gasteiger partial charge in [-0.05, 0) is 36.3 Å². The molecule has 8 N–H and O–H groups in total. The Kier molecular flexibility index (Phi) is 9.22. The van der Waals surface area contributed by atoms with Gasteiger partial charge in [-0.2, -0.15) is 5.10 Å². The number of anilines is 1. The first kappa shape index (κ1) is 31.0. The molecule has 5 rings (SSSR count). The van der Waals surface area contributed by atoms with E-state index in [1.165, 1.54) is 64.7 Å². The van der Waals surface area contributed by atoms with E-state index < -0.39 is 41.3 Å². The molecule has 2 unspecified atom stereocenters. The number of hydrogen-bond acceptors (Lipinski definition) is 15. The fourth-order valence-electron chi connectivity index (χ4n) is 4.17. The second kappa shape index (κ2) is 13.1. The van der Waals surface area contributed by atoms with E-state index in [2.05, 4.69) is 36.3 Å². The van der Waals surface area contributed by atoms with Gasteiger partial charge < -0.3 is 31.7 Å². The molecule has 16 nitrogen and oxygen atoms in total. The highest BCUT2D eigenvalue weighted by atomic mass is 32.2. The van der Waals surface area contributed by atoms with Crippen molar-refractivity contribution in [2.75, 3.05) is 17.2 Å². The summed E-state index contributed by atoms with van der Waals surface area (Å²) in [5.41, 5.74) is 8.83. The highest BCUT2D eigenvalue weighted by Gasteiger charge is 2.54. The van der Waals surface area contributed by atoms with E-state index in [9.17, 15) is 34.5 Å². The largest absolute Gasteiger partial charge is 0.504 e. The molecular weight excluding hydrogens is 655 g/mol. The first-order valence-electron chi connectivity index (χ1n) is 12.5. The average molecular weight is 678 g/mol. The number of β-lactam (4-membered cyclic amide) rings is 1. The van der Waals surface area contributed by atoms with Gasteiger partial charge in [-0.3, -0.25) is 14.5 Å². The molecule has 3 aromatic rings. The third kappa shape index (κ3) is 6.72. The Hall–Kier alpha value is -4.40. The number of rotatable bonds is 10. The summed E-state index contributed by atoms with van der Waals surface area (Å²) in [4.78, 5) is 56.6. The van der Waals surface area contributed by atoms with Gasteiger partial charge in [0.25, 0.3) is 5.91 Å². The summed E-state index contributed by atoms with van der Waals surface area (Å²) in [6, 6.07) is 0.595. The lowest BCUT2D eigenvalue weighted by molar-refractivity contribution is -0.151. The Bertz CT molecular complexity index is 1690. The molecule has 4 amide bonds. The van der Waals surface area contributed by atoms with Gasteiger partial charge in [-0.15, -0.1) is 33.3 Å². The number of aliphatic carboxylic acids is 1. The minimum Gasteiger partial charge on any atom is -0.504 e. The average Bonchev–Trinajstić information content (AvgIpc) is 3.61. The number of nitrogens with two attached hydrogens (primary N) is 1. The van der Waals surface area contributed by atoms with Gasteiger partial charge in [0.1, 0.15) is 22.1 Å². The number of phenolic OH excluding ortho intramolecular Hbond substituents is 2. The number of carbonyl (C=O) groups excluding carboxylic acids is 3. The van der Waals surface area contributed by atoms with Crippen LogP contribution in [0.2, 0.25) is 0 Å². The fraction of sp³-hybridized carbons (Fsp3) is 0.250. The summed E-state index contributed by atoms with van der Waals surface area (Å²) in [5.74, 6) is -2.71. The fourth-order valence-corrected chi connectivity index (χ4v) is 8.06. The normalized spacial score (nSPS) is 18.5. The number of hydrazone groups is 1. The minimum atomic E-state index is -1.37. The molecule has 0 radical (unpaired) electrons. The SMILES string of the molecule is Cc1nnc(SCC2=C(C(=O)O)N3C(=O)C(NC(=O)C(NC(=O)N/N=C/c4ccc(O)c(O)c4)c4csc(N)n4)[C@H]3SC2)s1. The Morgan fingerprint density at radius 3 is 2.73 bits per heavy atom. The van der Waals surface area contributed by atoms with Crippen LogP contribution in [0, 0.1) is 6.92 Å². The summed E-state index contributed by atoms with van der Waals surface area (Å²) >= 11 is 5.07. The van der Waals surface area contributed by atoms with Crippen LogP contribution in [0.15, 0.2) is 44.3 Å². The molecule has 3 atom stereocenters. The summed E-state index contributed by atoms with van der Waals surface area (Å²) in [6.45, 7) is 1.81. The van der Waals surface area contributed by atoms with Gasteiger partial charge in [0.15, 0.2) is 27.0 Å². The van der Waals surface area contributed by atoms with Crippen LogP contribution >= 0.6 is 46.2 Å². The number of benzene rings is 1. The van der Waals surface area contributed by atoms with Crippen molar-refractivity contribution in [3.63, 3.8) is 0 Å². The maximum atomic E-state index is 13.4. The van der Waals surface area contributed by atoms with E-state index >= 15 is 0 Å². The number of thioether (sulfide) groups is 2. The first-order valence-corrected chi connectivity index (χ1v) is 16.2. The molecule has 44 heavy (non-hydrogen) atoms. The molecule has 2 aliphatic rings. The molecule has 20 heteroatoms. The molecule has 1 aromatic carbocycles. The number of amides is 4. The lowest BCUT2D eigenvalue weighted by Crippen LogP contribution is -2.71. The lowest BCUT2D eigenvalue weighted by Gasteiger charge is -2.49. The Balaban J connectivity index is 1.25. The predicted molar refractivity (Wildman–Crippen MR) is 163 cm³/mol. The van der Waals surface area contributed by atoms with E-state index in [1.54, 1.807) is 0 Å². The van der Waals surface area contributed by atoms with Crippen LogP contribution in [-0.4, -0.2) is 88.4 Å². The molecule has 0 aliphatic carbocycles. The number of fused-ring (bicyclic) bond motifs is 1. The van der Waals surface area contributed by atoms with Crippen LogP contribution in [0.3, 0.4) is 0 Å². The van der Waals surface area contributed by atoms with Gasteiger partial charge in [0.2, 0.25) is 5.91 Å². The van der Waals surface area contributed by atoms with Gasteiger partial charge in [0, 0.05) is 16.9 Å². The maximum Gasteiger partial charge on any atom is 0.352 e. The molecule has 1 saturated heterocycles. The van der Waals surface area contributed by atoms with Crippen LogP contribution in [0.25, 0.3) is 0 Å². The Morgan fingerprint density at radius 2 is 2.07 bits per heavy atom. The second-order valence-electron chi connectivity index (χ2n) is 9.16. The van der Waals surface area contributed by atoms with Gasteiger partial charge in [-0.1, -0.05) is 23.1 Å². The number of carbonyl (C=O) groups is 4. The van der Waals surface area contributed by atoms with Crippen molar-refractivity contribution in [2.24, 2.45) is 5.10 Å². The zero-order chi connectivity index (χ0) is 31.5. The van der Waals surface area contributed by atoms with Crippen molar-refractivity contribution in [2.45, 2.75) is 28.7 Å². The zero-order valence-corrected chi connectivity index (χ0v) is 25.7. The highest BCUT2D eigenvalue weighted by Crippen LogP contribution is 2.42. The van der Waals surface area contributed by atoms with Gasteiger partial charge in [-0.25, -0.2) is 20.0 Å². The van der Waals surface area contributed by atoms with E-state index in [-0.39, 0.29) is 28.0 Å². The molecule has 2 aliphatic heterocycles. The number of carboxylic acids is 1. The number of hydrogen-bond donors (Lipinski definition) is 7. The van der Waals surface area contributed by atoms with Crippen LogP contribution in [0.5, 0.6) is 11.5 Å². The summed E-state index contributed by atoms with van der Waals surface area (Å²) in [6.07, 6.45) is 1.20. The monoisotopic (exact) mass is 677 g/mol. The highest BCUT2D eigenvalue weighted by molar-refractivity contribution is 8.01. The van der Waals surface area contributed by atoms with Crippen LogP contribution in [-0.2, 0) is 14.4 Å². The second-order valence-corrected chi connectivity index (χ2v) is 13.6. The smallest absolute Gasteiger partial charge is 0.352 e. The van der Waals surface area contributed by atoms with E-state index in [0.29, 0.717) is 27.0 Å². The molecule has 230 valence electrons. The predicted octanol–water partition coefficient (Wildman–Crippen LogP) is 1.20. The molecule has 0 saturated carbocycles. The van der Waals surface area contributed by atoms with E-state index in [1.807, 2.05) is 6.92 Å². The third-order valence-electron chi connectivity index (χ3n) is 6.18. The van der Waals surface area contributed by atoms with Gasteiger partial charge in [0.05, 0.1) is 11.9 Å². The van der Waals surface area contributed by atoms with Crippen molar-refractivity contribution in [1.29, 1.82) is 0 Å². The Labute approximate surface area is 264 Å². The van der Waals surface area contributed by atoms with Crippen LogP contribution in [0.1, 0.15) is 22.3 Å². The van der Waals surface area contributed by atoms with Crippen LogP contribution < -0.4 is 21.8 Å². The molecule has 2 aromatic heterocycles. The number of thiazole rings is 1.